The van der Waals surface area contributed by atoms with Crippen LogP contribution in [0.3, 0.4) is 0 Å². The molecule has 136 valence electrons. The van der Waals surface area contributed by atoms with E-state index in [2.05, 4.69) is 34.4 Å². The van der Waals surface area contributed by atoms with Crippen molar-refractivity contribution in [1.29, 1.82) is 0 Å². The van der Waals surface area contributed by atoms with Gasteiger partial charge in [0, 0.05) is 20.1 Å². The number of hydrogen-bond acceptors (Lipinski definition) is 3. The van der Waals surface area contributed by atoms with E-state index in [0.717, 1.165) is 38.2 Å². The zero-order valence-electron chi connectivity index (χ0n) is 15.5. The van der Waals surface area contributed by atoms with Gasteiger partial charge in [0.25, 0.3) is 0 Å². The molecule has 0 saturated heterocycles. The number of aliphatic imine (C=N–C) groups is 1. The standard InChI is InChI=1S/C18H31FN4O/c1-6-11-23(7-2)12-10-21-18(20-4)22-14(3)15-8-9-17(24-5)16(19)13-15/h8-9,13-14H,6-7,10-12H2,1-5H3,(H2,20,21,22). The van der Waals surface area contributed by atoms with Crippen molar-refractivity contribution in [3.8, 4) is 5.75 Å². The van der Waals surface area contributed by atoms with Crippen LogP contribution < -0.4 is 15.4 Å². The summed E-state index contributed by atoms with van der Waals surface area (Å²) >= 11 is 0. The molecule has 0 aliphatic rings. The van der Waals surface area contributed by atoms with Crippen LogP contribution in [-0.4, -0.2) is 51.2 Å². The second-order valence-corrected chi connectivity index (χ2v) is 5.69. The molecule has 0 aliphatic heterocycles. The van der Waals surface area contributed by atoms with Crippen LogP contribution in [0.1, 0.15) is 38.8 Å². The number of nitrogens with one attached hydrogen (secondary N) is 2. The highest BCUT2D eigenvalue weighted by molar-refractivity contribution is 5.80. The van der Waals surface area contributed by atoms with Crippen LogP contribution in [-0.2, 0) is 0 Å². The van der Waals surface area contributed by atoms with Crippen LogP contribution in [0.25, 0.3) is 0 Å². The first kappa shape index (κ1) is 20.2. The normalized spacial score (nSPS) is 13.0. The molecule has 0 heterocycles. The molecule has 0 saturated carbocycles. The Labute approximate surface area is 145 Å². The number of nitrogens with zero attached hydrogens (tertiary/aromatic N) is 2. The lowest BCUT2D eigenvalue weighted by atomic mass is 10.1. The number of guanidine groups is 1. The highest BCUT2D eigenvalue weighted by Crippen LogP contribution is 2.21. The van der Waals surface area contributed by atoms with Gasteiger partial charge in [-0.15, -0.1) is 0 Å². The average Bonchev–Trinajstić information content (AvgIpc) is 2.59. The van der Waals surface area contributed by atoms with Gasteiger partial charge in [-0.25, -0.2) is 4.39 Å². The highest BCUT2D eigenvalue weighted by atomic mass is 19.1. The zero-order chi connectivity index (χ0) is 17.9. The summed E-state index contributed by atoms with van der Waals surface area (Å²) in [5.74, 6) is 0.611. The van der Waals surface area contributed by atoms with Crippen molar-refractivity contribution in [2.24, 2.45) is 4.99 Å². The molecule has 0 bridgehead atoms. The first-order valence-corrected chi connectivity index (χ1v) is 8.58. The van der Waals surface area contributed by atoms with Crippen molar-refractivity contribution >= 4 is 5.96 Å². The Balaban J connectivity index is 2.54. The molecule has 1 aromatic carbocycles. The maximum absolute atomic E-state index is 13.8. The topological polar surface area (TPSA) is 48.9 Å². The summed E-state index contributed by atoms with van der Waals surface area (Å²) in [4.78, 5) is 6.63. The van der Waals surface area contributed by atoms with E-state index in [0.29, 0.717) is 5.96 Å². The summed E-state index contributed by atoms with van der Waals surface area (Å²) in [6.45, 7) is 10.3. The Morgan fingerprint density at radius 2 is 2.08 bits per heavy atom. The van der Waals surface area contributed by atoms with Crippen molar-refractivity contribution in [2.45, 2.75) is 33.2 Å². The molecule has 24 heavy (non-hydrogen) atoms. The largest absolute Gasteiger partial charge is 0.494 e. The molecule has 0 radical (unpaired) electrons. The van der Waals surface area contributed by atoms with E-state index in [1.54, 1.807) is 13.1 Å². The SMILES string of the molecule is CCCN(CC)CCNC(=NC)NC(C)c1ccc(OC)c(F)c1. The van der Waals surface area contributed by atoms with Crippen molar-refractivity contribution in [1.82, 2.24) is 15.5 Å². The molecule has 2 N–H and O–H groups in total. The fourth-order valence-electron chi connectivity index (χ4n) is 2.51. The number of benzene rings is 1. The van der Waals surface area contributed by atoms with Gasteiger partial charge >= 0.3 is 0 Å². The van der Waals surface area contributed by atoms with E-state index in [1.165, 1.54) is 13.2 Å². The van der Waals surface area contributed by atoms with E-state index < -0.39 is 0 Å². The fourth-order valence-corrected chi connectivity index (χ4v) is 2.51. The van der Waals surface area contributed by atoms with E-state index >= 15 is 0 Å². The van der Waals surface area contributed by atoms with Crippen molar-refractivity contribution in [2.75, 3.05) is 40.3 Å². The van der Waals surface area contributed by atoms with Crippen molar-refractivity contribution in [3.05, 3.63) is 29.6 Å². The quantitative estimate of drug-likeness (QED) is 0.537. The summed E-state index contributed by atoms with van der Waals surface area (Å²) in [5.41, 5.74) is 0.845. The predicted octanol–water partition coefficient (Wildman–Crippen LogP) is 2.79. The van der Waals surface area contributed by atoms with Crippen LogP contribution in [0.15, 0.2) is 23.2 Å². The highest BCUT2D eigenvalue weighted by Gasteiger charge is 2.11. The molecule has 0 aliphatic carbocycles. The first-order valence-electron chi connectivity index (χ1n) is 8.58. The van der Waals surface area contributed by atoms with Gasteiger partial charge in [0.05, 0.1) is 13.2 Å². The van der Waals surface area contributed by atoms with Gasteiger partial charge in [-0.05, 0) is 44.1 Å². The van der Waals surface area contributed by atoms with Gasteiger partial charge in [-0.2, -0.15) is 0 Å². The minimum Gasteiger partial charge on any atom is -0.494 e. The molecule has 0 amide bonds. The second kappa shape index (κ2) is 10.9. The molecule has 0 spiro atoms. The number of methoxy groups -OCH3 is 1. The monoisotopic (exact) mass is 338 g/mol. The summed E-state index contributed by atoms with van der Waals surface area (Å²) in [5, 5.41) is 6.59. The molecule has 1 aromatic rings. The third-order valence-corrected chi connectivity index (χ3v) is 3.96. The van der Waals surface area contributed by atoms with Crippen LogP contribution in [0.5, 0.6) is 5.75 Å². The minimum absolute atomic E-state index is 0.0606. The molecule has 0 fully saturated rings. The van der Waals surface area contributed by atoms with E-state index in [4.69, 9.17) is 4.74 Å². The number of ether oxygens (including phenoxy) is 1. The summed E-state index contributed by atoms with van der Waals surface area (Å²) in [6, 6.07) is 4.93. The van der Waals surface area contributed by atoms with Gasteiger partial charge in [0.15, 0.2) is 17.5 Å². The Morgan fingerprint density at radius 1 is 1.33 bits per heavy atom. The third-order valence-electron chi connectivity index (χ3n) is 3.96. The van der Waals surface area contributed by atoms with Gasteiger partial charge in [-0.1, -0.05) is 19.9 Å². The maximum Gasteiger partial charge on any atom is 0.191 e. The Kier molecular flexibility index (Phi) is 9.15. The van der Waals surface area contributed by atoms with Gasteiger partial charge < -0.3 is 20.3 Å². The fraction of sp³-hybridized carbons (Fsp3) is 0.611. The first-order chi connectivity index (χ1) is 11.5. The molecule has 6 heteroatoms. The van der Waals surface area contributed by atoms with E-state index in [-0.39, 0.29) is 17.6 Å². The molecule has 1 atom stereocenters. The lowest BCUT2D eigenvalue weighted by Gasteiger charge is -2.22. The maximum atomic E-state index is 13.8. The van der Waals surface area contributed by atoms with Crippen LogP contribution in [0, 0.1) is 5.82 Å². The molecular formula is C18H31FN4O. The summed E-state index contributed by atoms with van der Waals surface area (Å²) in [6.07, 6.45) is 1.15. The number of likely N-dealkylation sites (N-methyl/N-ethyl adjacent to an activating group) is 1. The van der Waals surface area contributed by atoms with Crippen LogP contribution in [0.4, 0.5) is 4.39 Å². The van der Waals surface area contributed by atoms with Crippen molar-refractivity contribution in [3.63, 3.8) is 0 Å². The Morgan fingerprint density at radius 3 is 2.62 bits per heavy atom. The average molecular weight is 338 g/mol. The lowest BCUT2D eigenvalue weighted by molar-refractivity contribution is 0.293. The predicted molar refractivity (Wildman–Crippen MR) is 98.3 cm³/mol. The molecular weight excluding hydrogens is 307 g/mol. The summed E-state index contributed by atoms with van der Waals surface area (Å²) < 4.78 is 18.8. The van der Waals surface area contributed by atoms with Gasteiger partial charge in [-0.3, -0.25) is 4.99 Å². The Hall–Kier alpha value is -1.82. The van der Waals surface area contributed by atoms with E-state index in [1.807, 2.05) is 13.0 Å². The molecule has 1 rings (SSSR count). The zero-order valence-corrected chi connectivity index (χ0v) is 15.5. The second-order valence-electron chi connectivity index (χ2n) is 5.69. The number of halogens is 1. The van der Waals surface area contributed by atoms with E-state index in [9.17, 15) is 4.39 Å². The van der Waals surface area contributed by atoms with Crippen molar-refractivity contribution < 1.29 is 9.13 Å². The Bertz CT molecular complexity index is 522. The van der Waals surface area contributed by atoms with Gasteiger partial charge in [0.1, 0.15) is 0 Å². The number of hydrogen-bond donors (Lipinski definition) is 2. The third kappa shape index (κ3) is 6.35. The minimum atomic E-state index is -0.357. The summed E-state index contributed by atoms with van der Waals surface area (Å²) in [7, 11) is 3.20. The number of rotatable bonds is 9. The lowest BCUT2D eigenvalue weighted by Crippen LogP contribution is -2.42. The molecule has 5 nitrogen and oxygen atoms in total. The van der Waals surface area contributed by atoms with Crippen LogP contribution in [0.2, 0.25) is 0 Å². The van der Waals surface area contributed by atoms with Crippen LogP contribution >= 0.6 is 0 Å². The smallest absolute Gasteiger partial charge is 0.191 e. The molecule has 1 unspecified atom stereocenters. The molecule has 0 aromatic heterocycles. The van der Waals surface area contributed by atoms with Gasteiger partial charge in [0.2, 0.25) is 0 Å².